The van der Waals surface area contributed by atoms with Crippen molar-refractivity contribution < 1.29 is 14.3 Å². The summed E-state index contributed by atoms with van der Waals surface area (Å²) in [5.41, 5.74) is 2.52. The second kappa shape index (κ2) is 5.14. The lowest BCUT2D eigenvalue weighted by Crippen LogP contribution is -2.05. The van der Waals surface area contributed by atoms with Crippen LogP contribution in [0.15, 0.2) is 34.9 Å². The second-order valence-corrected chi connectivity index (χ2v) is 4.33. The molecule has 94 valence electrons. The highest BCUT2D eigenvalue weighted by Crippen LogP contribution is 2.21. The first-order chi connectivity index (χ1) is 8.58. The van der Waals surface area contributed by atoms with E-state index >= 15 is 0 Å². The van der Waals surface area contributed by atoms with Crippen molar-refractivity contribution in [1.29, 1.82) is 0 Å². The Hall–Kier alpha value is -1.94. The van der Waals surface area contributed by atoms with Gasteiger partial charge in [-0.25, -0.2) is 4.79 Å². The van der Waals surface area contributed by atoms with E-state index < -0.39 is 5.97 Å². The Kier molecular flexibility index (Phi) is 3.58. The molecule has 2 aromatic rings. The molecule has 0 spiro atoms. The molecular weight excluding hydrogens is 254 g/mol. The molecule has 1 aromatic heterocycles. The van der Waals surface area contributed by atoms with Crippen LogP contribution >= 0.6 is 11.6 Å². The summed E-state index contributed by atoms with van der Waals surface area (Å²) in [6.07, 6.45) is 1.37. The molecule has 0 amide bonds. The molecule has 0 radical (unpaired) electrons. The van der Waals surface area contributed by atoms with Gasteiger partial charge < -0.3 is 14.8 Å². The third kappa shape index (κ3) is 2.65. The second-order valence-electron chi connectivity index (χ2n) is 3.89. The van der Waals surface area contributed by atoms with Gasteiger partial charge in [0.05, 0.1) is 6.26 Å². The summed E-state index contributed by atoms with van der Waals surface area (Å²) in [7, 11) is 0. The standard InChI is InChI=1S/C13H12ClNO3/c1-8-2-3-10(14)6-11(8)15-7-9-4-5-18-12(9)13(16)17/h2-6,15H,7H2,1H3,(H,16,17). The Morgan fingerprint density at radius 1 is 1.44 bits per heavy atom. The summed E-state index contributed by atoms with van der Waals surface area (Å²) in [6, 6.07) is 7.15. The zero-order valence-electron chi connectivity index (χ0n) is 9.74. The summed E-state index contributed by atoms with van der Waals surface area (Å²) in [6.45, 7) is 2.32. The van der Waals surface area contributed by atoms with Crippen LogP contribution in [0, 0.1) is 6.92 Å². The molecule has 4 nitrogen and oxygen atoms in total. The zero-order valence-corrected chi connectivity index (χ0v) is 10.5. The van der Waals surface area contributed by atoms with Crippen molar-refractivity contribution in [2.75, 3.05) is 5.32 Å². The lowest BCUT2D eigenvalue weighted by Gasteiger charge is -2.09. The molecule has 0 aliphatic carbocycles. The number of carboxylic acid groups (broad SMARTS) is 1. The number of hydrogen-bond donors (Lipinski definition) is 2. The zero-order chi connectivity index (χ0) is 13.1. The van der Waals surface area contributed by atoms with E-state index in [1.165, 1.54) is 6.26 Å². The monoisotopic (exact) mass is 265 g/mol. The molecule has 0 saturated carbocycles. The molecule has 2 rings (SSSR count). The van der Waals surface area contributed by atoms with E-state index in [1.807, 2.05) is 19.1 Å². The molecule has 18 heavy (non-hydrogen) atoms. The Balaban J connectivity index is 2.14. The molecule has 0 fully saturated rings. The van der Waals surface area contributed by atoms with E-state index in [2.05, 4.69) is 5.32 Å². The largest absolute Gasteiger partial charge is 0.475 e. The fraction of sp³-hybridized carbons (Fsp3) is 0.154. The van der Waals surface area contributed by atoms with Gasteiger partial charge in [0.1, 0.15) is 0 Å². The normalized spacial score (nSPS) is 10.3. The highest BCUT2D eigenvalue weighted by Gasteiger charge is 2.13. The van der Waals surface area contributed by atoms with Gasteiger partial charge in [0, 0.05) is 22.8 Å². The number of rotatable bonds is 4. The number of aryl methyl sites for hydroxylation is 1. The van der Waals surface area contributed by atoms with Crippen LogP contribution in [0.2, 0.25) is 5.02 Å². The van der Waals surface area contributed by atoms with Crippen LogP contribution in [0.3, 0.4) is 0 Å². The van der Waals surface area contributed by atoms with Crippen molar-refractivity contribution in [3.63, 3.8) is 0 Å². The number of hydrogen-bond acceptors (Lipinski definition) is 3. The number of benzene rings is 1. The lowest BCUT2D eigenvalue weighted by molar-refractivity contribution is 0.0661. The molecule has 1 aromatic carbocycles. The van der Waals surface area contributed by atoms with Crippen molar-refractivity contribution in [3.8, 4) is 0 Å². The third-order valence-electron chi connectivity index (χ3n) is 2.61. The van der Waals surface area contributed by atoms with Crippen molar-refractivity contribution >= 4 is 23.3 Å². The minimum atomic E-state index is -1.07. The number of halogens is 1. The average molecular weight is 266 g/mol. The Labute approximate surface area is 109 Å². The summed E-state index contributed by atoms with van der Waals surface area (Å²) in [5.74, 6) is -1.11. The number of carbonyl (C=O) groups is 1. The first kappa shape index (κ1) is 12.5. The first-order valence-electron chi connectivity index (χ1n) is 5.37. The van der Waals surface area contributed by atoms with Gasteiger partial charge >= 0.3 is 5.97 Å². The summed E-state index contributed by atoms with van der Waals surface area (Å²) < 4.78 is 4.90. The summed E-state index contributed by atoms with van der Waals surface area (Å²) >= 11 is 5.91. The number of anilines is 1. The highest BCUT2D eigenvalue weighted by atomic mass is 35.5. The summed E-state index contributed by atoms with van der Waals surface area (Å²) in [4.78, 5) is 10.9. The molecule has 0 unspecified atom stereocenters. The minimum absolute atomic E-state index is 0.0396. The van der Waals surface area contributed by atoms with Crippen molar-refractivity contribution in [3.05, 3.63) is 52.4 Å². The molecule has 0 saturated heterocycles. The van der Waals surface area contributed by atoms with Gasteiger partial charge in [-0.2, -0.15) is 0 Å². The lowest BCUT2D eigenvalue weighted by atomic mass is 10.2. The van der Waals surface area contributed by atoms with Crippen LogP contribution in [0.1, 0.15) is 21.7 Å². The predicted octanol–water partition coefficient (Wildman–Crippen LogP) is 3.55. The number of furan rings is 1. The maximum Gasteiger partial charge on any atom is 0.372 e. The van der Waals surface area contributed by atoms with Crippen LogP contribution in [0.25, 0.3) is 0 Å². The minimum Gasteiger partial charge on any atom is -0.475 e. The van der Waals surface area contributed by atoms with Crippen molar-refractivity contribution in [2.45, 2.75) is 13.5 Å². The van der Waals surface area contributed by atoms with Crippen LogP contribution in [0.4, 0.5) is 5.69 Å². The van der Waals surface area contributed by atoms with Gasteiger partial charge in [-0.05, 0) is 30.7 Å². The number of carboxylic acids is 1. The van der Waals surface area contributed by atoms with Gasteiger partial charge in [-0.3, -0.25) is 0 Å². The van der Waals surface area contributed by atoms with Crippen LogP contribution in [-0.2, 0) is 6.54 Å². The number of aromatic carboxylic acids is 1. The fourth-order valence-corrected chi connectivity index (χ4v) is 1.81. The van der Waals surface area contributed by atoms with E-state index in [1.54, 1.807) is 12.1 Å². The van der Waals surface area contributed by atoms with E-state index in [4.69, 9.17) is 21.1 Å². The highest BCUT2D eigenvalue weighted by molar-refractivity contribution is 6.30. The molecule has 0 aliphatic rings. The molecule has 2 N–H and O–H groups in total. The Morgan fingerprint density at radius 2 is 2.22 bits per heavy atom. The smallest absolute Gasteiger partial charge is 0.372 e. The van der Waals surface area contributed by atoms with Gasteiger partial charge in [0.25, 0.3) is 0 Å². The van der Waals surface area contributed by atoms with Gasteiger partial charge in [0.15, 0.2) is 0 Å². The predicted molar refractivity (Wildman–Crippen MR) is 69.2 cm³/mol. The fourth-order valence-electron chi connectivity index (χ4n) is 1.64. The van der Waals surface area contributed by atoms with Crippen molar-refractivity contribution in [2.24, 2.45) is 0 Å². The van der Waals surface area contributed by atoms with Crippen molar-refractivity contribution in [1.82, 2.24) is 0 Å². The van der Waals surface area contributed by atoms with E-state index in [0.29, 0.717) is 17.1 Å². The molecule has 5 heteroatoms. The van der Waals surface area contributed by atoms with E-state index in [-0.39, 0.29) is 5.76 Å². The SMILES string of the molecule is Cc1ccc(Cl)cc1NCc1ccoc1C(=O)O. The Bertz CT molecular complexity index is 577. The molecule has 1 heterocycles. The van der Waals surface area contributed by atoms with Crippen LogP contribution in [-0.4, -0.2) is 11.1 Å². The topological polar surface area (TPSA) is 62.5 Å². The average Bonchev–Trinajstić information content (AvgIpc) is 2.79. The number of nitrogens with one attached hydrogen (secondary N) is 1. The van der Waals surface area contributed by atoms with E-state index in [9.17, 15) is 4.79 Å². The maximum absolute atomic E-state index is 10.9. The van der Waals surface area contributed by atoms with Gasteiger partial charge in [-0.1, -0.05) is 17.7 Å². The molecule has 0 atom stereocenters. The molecule has 0 aliphatic heterocycles. The van der Waals surface area contributed by atoms with Crippen LogP contribution in [0.5, 0.6) is 0 Å². The molecular formula is C13H12ClNO3. The quantitative estimate of drug-likeness (QED) is 0.887. The summed E-state index contributed by atoms with van der Waals surface area (Å²) in [5, 5.41) is 12.7. The Morgan fingerprint density at radius 3 is 2.94 bits per heavy atom. The maximum atomic E-state index is 10.9. The third-order valence-corrected chi connectivity index (χ3v) is 2.85. The first-order valence-corrected chi connectivity index (χ1v) is 5.75. The van der Waals surface area contributed by atoms with Gasteiger partial charge in [0.2, 0.25) is 5.76 Å². The molecule has 0 bridgehead atoms. The van der Waals surface area contributed by atoms with Crippen LogP contribution < -0.4 is 5.32 Å². The van der Waals surface area contributed by atoms with E-state index in [0.717, 1.165) is 11.3 Å². The van der Waals surface area contributed by atoms with Gasteiger partial charge in [-0.15, -0.1) is 0 Å².